The van der Waals surface area contributed by atoms with Crippen molar-refractivity contribution < 1.29 is 4.79 Å². The summed E-state index contributed by atoms with van der Waals surface area (Å²) in [4.78, 5) is 19.0. The molecule has 0 aliphatic carbocycles. The second-order valence-corrected chi connectivity index (χ2v) is 5.80. The number of nitrogens with zero attached hydrogens (tertiary/aromatic N) is 2. The number of hydrogen-bond acceptors (Lipinski definition) is 3. The molecule has 0 radical (unpaired) electrons. The summed E-state index contributed by atoms with van der Waals surface area (Å²) in [5.74, 6) is 0.651. The van der Waals surface area contributed by atoms with Gasteiger partial charge in [-0.3, -0.25) is 9.78 Å². The van der Waals surface area contributed by atoms with Crippen molar-refractivity contribution in [2.45, 2.75) is 46.1 Å². The molecule has 1 unspecified atom stereocenters. The van der Waals surface area contributed by atoms with Crippen molar-refractivity contribution in [1.29, 1.82) is 0 Å². The van der Waals surface area contributed by atoms with Gasteiger partial charge >= 0.3 is 0 Å². The summed E-state index contributed by atoms with van der Waals surface area (Å²) in [5, 5.41) is 3.30. The van der Waals surface area contributed by atoms with Crippen molar-refractivity contribution in [2.24, 2.45) is 5.92 Å². The van der Waals surface area contributed by atoms with Crippen molar-refractivity contribution in [3.63, 3.8) is 0 Å². The summed E-state index contributed by atoms with van der Waals surface area (Å²) in [6, 6.07) is 2.20. The number of amides is 1. The first kappa shape index (κ1) is 14.8. The van der Waals surface area contributed by atoms with E-state index in [2.05, 4.69) is 31.1 Å². The highest BCUT2D eigenvalue weighted by molar-refractivity contribution is 5.99. The van der Waals surface area contributed by atoms with E-state index >= 15 is 0 Å². The van der Waals surface area contributed by atoms with Crippen LogP contribution in [0.5, 0.6) is 0 Å². The van der Waals surface area contributed by atoms with Crippen molar-refractivity contribution in [2.75, 3.05) is 18.4 Å². The minimum absolute atomic E-state index is 0.141. The van der Waals surface area contributed by atoms with Crippen molar-refractivity contribution in [3.05, 3.63) is 24.0 Å². The summed E-state index contributed by atoms with van der Waals surface area (Å²) in [5.41, 5.74) is 1.61. The molecule has 1 aliphatic rings. The Morgan fingerprint density at radius 2 is 2.35 bits per heavy atom. The monoisotopic (exact) mass is 275 g/mol. The molecule has 4 nitrogen and oxygen atoms in total. The molecule has 4 heteroatoms. The van der Waals surface area contributed by atoms with Crippen LogP contribution in [0.4, 0.5) is 5.69 Å². The molecule has 0 spiro atoms. The fourth-order valence-corrected chi connectivity index (χ4v) is 2.87. The second-order valence-electron chi connectivity index (χ2n) is 5.80. The van der Waals surface area contributed by atoms with Crippen LogP contribution in [-0.2, 0) is 0 Å². The van der Waals surface area contributed by atoms with Crippen LogP contribution in [0.3, 0.4) is 0 Å². The zero-order chi connectivity index (χ0) is 14.5. The number of hydrogen-bond donors (Lipinski definition) is 1. The van der Waals surface area contributed by atoms with Gasteiger partial charge < -0.3 is 10.2 Å². The van der Waals surface area contributed by atoms with Gasteiger partial charge in [-0.25, -0.2) is 0 Å². The molecule has 2 heterocycles. The van der Waals surface area contributed by atoms with Gasteiger partial charge in [-0.05, 0) is 31.2 Å². The highest BCUT2D eigenvalue weighted by Crippen LogP contribution is 2.27. The number of aromatic nitrogens is 1. The molecular weight excluding hydrogens is 250 g/mol. The smallest absolute Gasteiger partial charge is 0.256 e. The Morgan fingerprint density at radius 1 is 1.55 bits per heavy atom. The van der Waals surface area contributed by atoms with Crippen LogP contribution in [0.25, 0.3) is 0 Å². The Bertz CT molecular complexity index is 459. The molecule has 20 heavy (non-hydrogen) atoms. The molecular formula is C16H25N3O. The van der Waals surface area contributed by atoms with Crippen LogP contribution in [0.2, 0.25) is 0 Å². The van der Waals surface area contributed by atoms with Gasteiger partial charge in [0.25, 0.3) is 5.91 Å². The van der Waals surface area contributed by atoms with E-state index in [1.807, 2.05) is 11.0 Å². The van der Waals surface area contributed by atoms with Crippen molar-refractivity contribution in [3.8, 4) is 0 Å². The molecule has 1 N–H and O–H groups in total. The van der Waals surface area contributed by atoms with E-state index in [1.54, 1.807) is 12.4 Å². The molecule has 2 rings (SSSR count). The Balaban J connectivity index is 2.20. The average Bonchev–Trinajstić information content (AvgIpc) is 2.94. The summed E-state index contributed by atoms with van der Waals surface area (Å²) >= 11 is 0. The fourth-order valence-electron chi connectivity index (χ4n) is 2.87. The lowest BCUT2D eigenvalue weighted by Crippen LogP contribution is -2.38. The predicted molar refractivity (Wildman–Crippen MR) is 81.9 cm³/mol. The number of anilines is 1. The lowest BCUT2D eigenvalue weighted by atomic mass is 10.0. The number of rotatable bonds is 5. The highest BCUT2D eigenvalue weighted by atomic mass is 16.2. The summed E-state index contributed by atoms with van der Waals surface area (Å²) in [6.45, 7) is 8.23. The van der Waals surface area contributed by atoms with E-state index < -0.39 is 0 Å². The largest absolute Gasteiger partial charge is 0.383 e. The van der Waals surface area contributed by atoms with Crippen LogP contribution in [-0.4, -0.2) is 34.9 Å². The number of carbonyl (C=O) groups is 1. The summed E-state index contributed by atoms with van der Waals surface area (Å²) < 4.78 is 0. The van der Waals surface area contributed by atoms with Gasteiger partial charge in [0.05, 0.1) is 17.4 Å². The van der Waals surface area contributed by atoms with Gasteiger partial charge in [-0.1, -0.05) is 20.8 Å². The molecule has 0 aromatic carbocycles. The van der Waals surface area contributed by atoms with Gasteiger partial charge in [0.2, 0.25) is 0 Å². The maximum absolute atomic E-state index is 12.8. The van der Waals surface area contributed by atoms with E-state index in [4.69, 9.17) is 0 Å². The lowest BCUT2D eigenvalue weighted by molar-refractivity contribution is 0.0702. The average molecular weight is 275 g/mol. The first-order chi connectivity index (χ1) is 9.65. The van der Waals surface area contributed by atoms with Gasteiger partial charge in [0.1, 0.15) is 0 Å². The topological polar surface area (TPSA) is 45.2 Å². The van der Waals surface area contributed by atoms with Crippen molar-refractivity contribution >= 4 is 11.6 Å². The summed E-state index contributed by atoms with van der Waals surface area (Å²) in [6.07, 6.45) is 6.71. The summed E-state index contributed by atoms with van der Waals surface area (Å²) in [7, 11) is 0. The minimum Gasteiger partial charge on any atom is -0.383 e. The first-order valence-electron chi connectivity index (χ1n) is 7.64. The third kappa shape index (κ3) is 3.11. The standard InChI is InChI=1S/C16H25N3O/c1-4-8-18-14-11-17-9-7-13(14)16(20)19-10-5-6-15(19)12(2)3/h7,9,11-12,15,18H,4-6,8,10H2,1-3H3. The molecule has 1 saturated heterocycles. The van der Waals surface area contributed by atoms with Crippen molar-refractivity contribution in [1.82, 2.24) is 9.88 Å². The predicted octanol–water partition coefficient (Wildman–Crippen LogP) is 3.16. The minimum atomic E-state index is 0.141. The zero-order valence-corrected chi connectivity index (χ0v) is 12.7. The number of pyridine rings is 1. The Hall–Kier alpha value is -1.58. The molecule has 1 atom stereocenters. The van der Waals surface area contributed by atoms with Crippen LogP contribution < -0.4 is 5.32 Å². The molecule has 1 aromatic rings. The Morgan fingerprint density at radius 3 is 3.05 bits per heavy atom. The third-order valence-corrected chi connectivity index (χ3v) is 3.95. The first-order valence-corrected chi connectivity index (χ1v) is 7.64. The SMILES string of the molecule is CCCNc1cnccc1C(=O)N1CCCC1C(C)C. The normalized spacial score (nSPS) is 18.6. The van der Waals surface area contributed by atoms with Gasteiger partial charge in [-0.15, -0.1) is 0 Å². The quantitative estimate of drug-likeness (QED) is 0.897. The molecule has 1 fully saturated rings. The fraction of sp³-hybridized carbons (Fsp3) is 0.625. The zero-order valence-electron chi connectivity index (χ0n) is 12.7. The molecule has 1 amide bonds. The van der Waals surface area contributed by atoms with Gasteiger partial charge in [0, 0.05) is 25.3 Å². The van der Waals surface area contributed by atoms with E-state index in [9.17, 15) is 4.79 Å². The van der Waals surface area contributed by atoms with Crippen LogP contribution in [0, 0.1) is 5.92 Å². The number of carbonyl (C=O) groups excluding carboxylic acids is 1. The molecule has 0 saturated carbocycles. The van der Waals surface area contributed by atoms with Gasteiger partial charge in [0.15, 0.2) is 0 Å². The maximum Gasteiger partial charge on any atom is 0.256 e. The second kappa shape index (κ2) is 6.73. The van der Waals surface area contributed by atoms with E-state index in [1.165, 1.54) is 0 Å². The Labute approximate surface area is 121 Å². The maximum atomic E-state index is 12.8. The molecule has 1 aromatic heterocycles. The third-order valence-electron chi connectivity index (χ3n) is 3.95. The number of nitrogens with one attached hydrogen (secondary N) is 1. The van der Waals surface area contributed by atoms with Crippen LogP contribution in [0.15, 0.2) is 18.5 Å². The lowest BCUT2D eigenvalue weighted by Gasteiger charge is -2.28. The Kier molecular flexibility index (Phi) is 4.99. The molecule has 0 bridgehead atoms. The highest BCUT2D eigenvalue weighted by Gasteiger charge is 2.32. The van der Waals surface area contributed by atoms with E-state index in [0.717, 1.165) is 43.6 Å². The van der Waals surface area contributed by atoms with E-state index in [-0.39, 0.29) is 5.91 Å². The van der Waals surface area contributed by atoms with Crippen LogP contribution in [0.1, 0.15) is 50.4 Å². The van der Waals surface area contributed by atoms with E-state index in [0.29, 0.717) is 12.0 Å². The number of likely N-dealkylation sites (tertiary alicyclic amines) is 1. The van der Waals surface area contributed by atoms with Gasteiger partial charge in [-0.2, -0.15) is 0 Å². The molecule has 110 valence electrons. The molecule has 1 aliphatic heterocycles. The van der Waals surface area contributed by atoms with Crippen LogP contribution >= 0.6 is 0 Å².